The molecule has 3 rings (SSSR count). The smallest absolute Gasteiger partial charge is 0.267 e. The van der Waals surface area contributed by atoms with Gasteiger partial charge < -0.3 is 4.74 Å². The van der Waals surface area contributed by atoms with Crippen LogP contribution in [0, 0.1) is 6.92 Å². The first-order chi connectivity index (χ1) is 11.4. The molecule has 0 atom stereocenters. The minimum absolute atomic E-state index is 0.324. The average Bonchev–Trinajstić information content (AvgIpc) is 3.00. The summed E-state index contributed by atoms with van der Waals surface area (Å²) in [5.74, 6) is 0.421. The summed E-state index contributed by atoms with van der Waals surface area (Å²) in [7, 11) is -1.96. The highest BCUT2D eigenvalue weighted by Gasteiger charge is 2.15. The maximum atomic E-state index is 11.4. The van der Waals surface area contributed by atoms with Gasteiger partial charge in [-0.3, -0.25) is 0 Å². The SMILES string of the molecule is COc1nc(-c2cnc(S(C)(=O)=O)nn2)ccc1-c1cnc(C)s1. The van der Waals surface area contributed by atoms with Crippen molar-refractivity contribution in [2.45, 2.75) is 12.1 Å². The first-order valence-electron chi connectivity index (χ1n) is 6.76. The summed E-state index contributed by atoms with van der Waals surface area (Å²) in [6.07, 6.45) is 4.11. The quantitative estimate of drug-likeness (QED) is 0.690. The van der Waals surface area contributed by atoms with Crippen LogP contribution in [-0.2, 0) is 9.84 Å². The van der Waals surface area contributed by atoms with Crippen molar-refractivity contribution in [3.05, 3.63) is 29.5 Å². The van der Waals surface area contributed by atoms with E-state index in [1.807, 2.05) is 13.0 Å². The van der Waals surface area contributed by atoms with Crippen molar-refractivity contribution in [2.75, 3.05) is 13.4 Å². The highest BCUT2D eigenvalue weighted by atomic mass is 32.2. The van der Waals surface area contributed by atoms with Gasteiger partial charge in [-0.05, 0) is 19.1 Å². The molecule has 8 nitrogen and oxygen atoms in total. The Morgan fingerprint density at radius 3 is 2.42 bits per heavy atom. The number of aryl methyl sites for hydroxylation is 1. The molecular weight excluding hydrogens is 350 g/mol. The zero-order valence-electron chi connectivity index (χ0n) is 13.1. The summed E-state index contributed by atoms with van der Waals surface area (Å²) < 4.78 is 28.1. The van der Waals surface area contributed by atoms with Crippen LogP contribution in [-0.4, -0.2) is 46.9 Å². The van der Waals surface area contributed by atoms with Gasteiger partial charge in [0.25, 0.3) is 5.16 Å². The summed E-state index contributed by atoms with van der Waals surface area (Å²) in [5.41, 5.74) is 1.66. The molecule has 0 unspecified atom stereocenters. The Hall–Kier alpha value is -2.46. The van der Waals surface area contributed by atoms with Crippen LogP contribution in [0.2, 0.25) is 0 Å². The number of ether oxygens (including phenoxy) is 1. The Bertz CT molecular complexity index is 984. The van der Waals surface area contributed by atoms with Crippen LogP contribution in [0.15, 0.2) is 29.7 Å². The molecule has 0 aromatic carbocycles. The molecule has 0 amide bonds. The minimum Gasteiger partial charge on any atom is -0.481 e. The molecule has 0 spiro atoms. The predicted octanol–water partition coefficient (Wildman–Crippen LogP) is 1.78. The van der Waals surface area contributed by atoms with Gasteiger partial charge >= 0.3 is 0 Å². The number of methoxy groups -OCH3 is 1. The number of rotatable bonds is 4. The van der Waals surface area contributed by atoms with E-state index in [4.69, 9.17) is 4.74 Å². The first-order valence-corrected chi connectivity index (χ1v) is 9.47. The maximum absolute atomic E-state index is 11.4. The van der Waals surface area contributed by atoms with E-state index in [1.54, 1.807) is 12.3 Å². The molecule has 0 aliphatic rings. The van der Waals surface area contributed by atoms with Crippen LogP contribution in [0.3, 0.4) is 0 Å². The lowest BCUT2D eigenvalue weighted by molar-refractivity contribution is 0.400. The van der Waals surface area contributed by atoms with Crippen LogP contribution in [0.4, 0.5) is 0 Å². The van der Waals surface area contributed by atoms with Crippen molar-refractivity contribution < 1.29 is 13.2 Å². The monoisotopic (exact) mass is 363 g/mol. The lowest BCUT2D eigenvalue weighted by Crippen LogP contribution is -2.06. The number of hydrogen-bond acceptors (Lipinski definition) is 9. The van der Waals surface area contributed by atoms with Gasteiger partial charge in [-0.25, -0.2) is 23.4 Å². The average molecular weight is 363 g/mol. The third-order valence-electron chi connectivity index (χ3n) is 3.07. The molecule has 0 aliphatic carbocycles. The molecule has 0 radical (unpaired) electrons. The lowest BCUT2D eigenvalue weighted by atomic mass is 10.2. The number of sulfone groups is 1. The second kappa shape index (κ2) is 6.21. The molecule has 124 valence electrons. The zero-order chi connectivity index (χ0) is 17.3. The molecule has 24 heavy (non-hydrogen) atoms. The Labute approximate surface area is 142 Å². The van der Waals surface area contributed by atoms with Crippen molar-refractivity contribution in [2.24, 2.45) is 0 Å². The number of aromatic nitrogens is 5. The number of thiazole rings is 1. The number of pyridine rings is 1. The normalized spacial score (nSPS) is 11.5. The molecular formula is C14H13N5O3S2. The van der Waals surface area contributed by atoms with Crippen molar-refractivity contribution in [1.82, 2.24) is 25.1 Å². The van der Waals surface area contributed by atoms with Crippen molar-refractivity contribution in [1.29, 1.82) is 0 Å². The van der Waals surface area contributed by atoms with Crippen molar-refractivity contribution in [3.8, 4) is 27.7 Å². The van der Waals surface area contributed by atoms with E-state index >= 15 is 0 Å². The summed E-state index contributed by atoms with van der Waals surface area (Å²) in [5, 5.41) is 8.13. The molecule has 0 N–H and O–H groups in total. The van der Waals surface area contributed by atoms with Gasteiger partial charge in [0.1, 0.15) is 5.69 Å². The Morgan fingerprint density at radius 2 is 1.88 bits per heavy atom. The van der Waals surface area contributed by atoms with E-state index < -0.39 is 9.84 Å². The van der Waals surface area contributed by atoms with Gasteiger partial charge in [0.05, 0.1) is 34.4 Å². The van der Waals surface area contributed by atoms with E-state index in [0.717, 1.165) is 21.7 Å². The second-order valence-corrected chi connectivity index (χ2v) is 8.04. The summed E-state index contributed by atoms with van der Waals surface area (Å²) in [6.45, 7) is 1.92. The van der Waals surface area contributed by atoms with Crippen LogP contribution < -0.4 is 4.74 Å². The zero-order valence-corrected chi connectivity index (χ0v) is 14.7. The molecule has 10 heteroatoms. The number of nitrogens with zero attached hydrogens (tertiary/aromatic N) is 5. The van der Waals surface area contributed by atoms with Crippen LogP contribution in [0.1, 0.15) is 5.01 Å². The molecule has 3 aromatic heterocycles. The van der Waals surface area contributed by atoms with Gasteiger partial charge in [0, 0.05) is 12.5 Å². The molecule has 0 aliphatic heterocycles. The minimum atomic E-state index is -3.49. The topological polar surface area (TPSA) is 108 Å². The summed E-state index contributed by atoms with van der Waals surface area (Å²) in [4.78, 5) is 13.4. The third kappa shape index (κ3) is 3.24. The highest BCUT2D eigenvalue weighted by Crippen LogP contribution is 2.33. The molecule has 3 aromatic rings. The van der Waals surface area contributed by atoms with E-state index in [9.17, 15) is 8.42 Å². The van der Waals surface area contributed by atoms with Crippen LogP contribution in [0.5, 0.6) is 5.88 Å². The van der Waals surface area contributed by atoms with E-state index in [2.05, 4.69) is 25.1 Å². The number of hydrogen-bond donors (Lipinski definition) is 0. The van der Waals surface area contributed by atoms with Gasteiger partial charge in [-0.1, -0.05) is 0 Å². The largest absolute Gasteiger partial charge is 0.481 e. The predicted molar refractivity (Wildman–Crippen MR) is 88.6 cm³/mol. The fourth-order valence-corrected chi connectivity index (χ4v) is 3.19. The van der Waals surface area contributed by atoms with Crippen LogP contribution >= 0.6 is 11.3 Å². The molecule has 0 saturated heterocycles. The van der Waals surface area contributed by atoms with Gasteiger partial charge in [0.15, 0.2) is 0 Å². The van der Waals surface area contributed by atoms with Gasteiger partial charge in [-0.2, -0.15) is 0 Å². The van der Waals surface area contributed by atoms with Crippen molar-refractivity contribution >= 4 is 21.2 Å². The van der Waals surface area contributed by atoms with Crippen LogP contribution in [0.25, 0.3) is 21.8 Å². The fourth-order valence-electron chi connectivity index (χ4n) is 1.96. The summed E-state index contributed by atoms with van der Waals surface area (Å²) in [6, 6.07) is 3.60. The van der Waals surface area contributed by atoms with Gasteiger partial charge in [-0.15, -0.1) is 21.5 Å². The summed E-state index contributed by atoms with van der Waals surface area (Å²) >= 11 is 1.54. The molecule has 3 heterocycles. The Morgan fingerprint density at radius 1 is 1.08 bits per heavy atom. The third-order valence-corrected chi connectivity index (χ3v) is 4.87. The van der Waals surface area contributed by atoms with Gasteiger partial charge in [0.2, 0.25) is 15.7 Å². The Kier molecular flexibility index (Phi) is 4.24. The highest BCUT2D eigenvalue weighted by molar-refractivity contribution is 7.90. The molecule has 0 fully saturated rings. The van der Waals surface area contributed by atoms with Crippen molar-refractivity contribution in [3.63, 3.8) is 0 Å². The fraction of sp³-hybridized carbons (Fsp3) is 0.214. The lowest BCUT2D eigenvalue weighted by Gasteiger charge is -2.07. The molecule has 0 saturated carbocycles. The Balaban J connectivity index is 2.01. The first kappa shape index (κ1) is 16.4. The van der Waals surface area contributed by atoms with E-state index in [0.29, 0.717) is 17.3 Å². The van der Waals surface area contributed by atoms with E-state index in [-0.39, 0.29) is 5.16 Å². The standard InChI is InChI=1S/C14H13N5O3S2/c1-8-15-7-12(23-8)9-4-5-10(17-13(9)22-2)11-6-16-14(19-18-11)24(3,20)21/h4-7H,1-3H3. The van der Waals surface area contributed by atoms with E-state index in [1.165, 1.54) is 24.6 Å². The molecule has 0 bridgehead atoms. The maximum Gasteiger partial charge on any atom is 0.267 e. The second-order valence-electron chi connectivity index (χ2n) is 4.90.